The average Bonchev–Trinajstić information content (AvgIpc) is 2.79. The molecule has 0 bridgehead atoms. The highest BCUT2D eigenvalue weighted by atomic mass is 35.5. The number of halogens is 1. The maximum absolute atomic E-state index is 12.3. The van der Waals surface area contributed by atoms with E-state index in [4.69, 9.17) is 11.6 Å². The average molecular weight is 458 g/mol. The fourth-order valence-electron chi connectivity index (χ4n) is 3.81. The highest BCUT2D eigenvalue weighted by molar-refractivity contribution is 6.31. The normalized spacial score (nSPS) is 15.2. The fraction of sp³-hybridized carbons (Fsp3) is 0.417. The first kappa shape index (κ1) is 24.0. The molecule has 1 amide bonds. The van der Waals surface area contributed by atoms with Crippen LogP contribution in [0.15, 0.2) is 47.6 Å². The third-order valence-electron chi connectivity index (χ3n) is 5.72. The summed E-state index contributed by atoms with van der Waals surface area (Å²) >= 11 is 6.26. The molecule has 0 aliphatic carbocycles. The maximum atomic E-state index is 12.3. The third-order valence-corrected chi connectivity index (χ3v) is 6.09. The van der Waals surface area contributed by atoms with Crippen LogP contribution in [0.1, 0.15) is 25.0 Å². The van der Waals surface area contributed by atoms with Crippen LogP contribution in [0.5, 0.6) is 5.75 Å². The lowest BCUT2D eigenvalue weighted by atomic mass is 10.2. The van der Waals surface area contributed by atoms with Gasteiger partial charge in [0.15, 0.2) is 0 Å². The summed E-state index contributed by atoms with van der Waals surface area (Å²) in [5, 5.41) is 15.1. The topological polar surface area (TPSA) is 71.4 Å². The Bertz CT molecular complexity index is 924. The largest absolute Gasteiger partial charge is 0.507 e. The van der Waals surface area contributed by atoms with Gasteiger partial charge in [-0.15, -0.1) is 0 Å². The van der Waals surface area contributed by atoms with Crippen LogP contribution in [0, 0.1) is 0 Å². The zero-order valence-electron chi connectivity index (χ0n) is 18.8. The van der Waals surface area contributed by atoms with Crippen LogP contribution in [0.25, 0.3) is 0 Å². The lowest BCUT2D eigenvalue weighted by Gasteiger charge is -2.34. The van der Waals surface area contributed by atoms with Gasteiger partial charge in [-0.05, 0) is 37.6 Å². The van der Waals surface area contributed by atoms with Crippen molar-refractivity contribution in [1.82, 2.24) is 15.2 Å². The Morgan fingerprint density at radius 1 is 1.12 bits per heavy atom. The van der Waals surface area contributed by atoms with Gasteiger partial charge in [0.05, 0.1) is 12.8 Å². The monoisotopic (exact) mass is 457 g/mol. The van der Waals surface area contributed by atoms with E-state index in [1.807, 2.05) is 24.3 Å². The Balaban J connectivity index is 1.43. The molecule has 2 N–H and O–H groups in total. The van der Waals surface area contributed by atoms with E-state index >= 15 is 0 Å². The molecule has 0 radical (unpaired) electrons. The molecule has 8 heteroatoms. The number of benzene rings is 2. The number of phenols is 1. The molecule has 7 nitrogen and oxygen atoms in total. The quantitative estimate of drug-likeness (QED) is 0.447. The molecule has 1 heterocycles. The van der Waals surface area contributed by atoms with Gasteiger partial charge in [0, 0.05) is 68.2 Å². The van der Waals surface area contributed by atoms with Crippen molar-refractivity contribution in [2.24, 2.45) is 5.10 Å². The molecular weight excluding hydrogens is 426 g/mol. The number of piperazine rings is 1. The molecule has 1 saturated heterocycles. The molecule has 172 valence electrons. The van der Waals surface area contributed by atoms with Gasteiger partial charge in [0.25, 0.3) is 5.91 Å². The molecule has 0 spiro atoms. The number of anilines is 1. The lowest BCUT2D eigenvalue weighted by molar-refractivity contribution is -0.122. The van der Waals surface area contributed by atoms with Gasteiger partial charge in [-0.25, -0.2) is 5.43 Å². The van der Waals surface area contributed by atoms with E-state index in [1.165, 1.54) is 6.21 Å². The Labute approximate surface area is 195 Å². The highest BCUT2D eigenvalue weighted by Gasteiger charge is 2.19. The summed E-state index contributed by atoms with van der Waals surface area (Å²) in [5.74, 6) is -0.0258. The fourth-order valence-corrected chi connectivity index (χ4v) is 4.01. The Hall–Kier alpha value is -2.61. The molecule has 1 fully saturated rings. The van der Waals surface area contributed by atoms with Gasteiger partial charge in [0.2, 0.25) is 0 Å². The molecule has 1 aliphatic rings. The highest BCUT2D eigenvalue weighted by Crippen LogP contribution is 2.23. The van der Waals surface area contributed by atoms with Crippen molar-refractivity contribution in [3.8, 4) is 5.75 Å². The van der Waals surface area contributed by atoms with Crippen LogP contribution in [-0.4, -0.2) is 72.8 Å². The first-order valence-corrected chi connectivity index (χ1v) is 11.5. The number of nitrogens with zero attached hydrogens (tertiary/aromatic N) is 4. The summed E-state index contributed by atoms with van der Waals surface area (Å²) in [6.07, 6.45) is 1.47. The molecule has 2 aromatic rings. The number of carbonyl (C=O) groups excluding carboxylic acids is 1. The predicted molar refractivity (Wildman–Crippen MR) is 131 cm³/mol. The molecule has 0 atom stereocenters. The maximum Gasteiger partial charge on any atom is 0.254 e. The molecule has 0 saturated carbocycles. The molecule has 3 rings (SSSR count). The van der Waals surface area contributed by atoms with E-state index < -0.39 is 0 Å². The summed E-state index contributed by atoms with van der Waals surface area (Å²) in [4.78, 5) is 18.9. The first-order chi connectivity index (χ1) is 15.5. The van der Waals surface area contributed by atoms with Crippen LogP contribution in [-0.2, 0) is 11.3 Å². The van der Waals surface area contributed by atoms with E-state index in [0.29, 0.717) is 12.1 Å². The molecule has 2 aromatic carbocycles. The zero-order valence-corrected chi connectivity index (χ0v) is 19.6. The summed E-state index contributed by atoms with van der Waals surface area (Å²) in [7, 11) is 0. The van der Waals surface area contributed by atoms with Crippen molar-refractivity contribution >= 4 is 29.4 Å². The number of aromatic hydroxyl groups is 1. The number of rotatable bonds is 9. The number of nitrogens with one attached hydrogen (secondary N) is 1. The second kappa shape index (κ2) is 11.9. The number of phenolic OH excluding ortho intramolecular Hbond substituents is 1. The van der Waals surface area contributed by atoms with Crippen molar-refractivity contribution in [2.75, 3.05) is 50.7 Å². The second-order valence-electron chi connectivity index (χ2n) is 7.85. The van der Waals surface area contributed by atoms with Crippen molar-refractivity contribution < 1.29 is 9.90 Å². The zero-order chi connectivity index (χ0) is 22.9. The lowest BCUT2D eigenvalue weighted by Crippen LogP contribution is -2.48. The summed E-state index contributed by atoms with van der Waals surface area (Å²) < 4.78 is 0. The summed E-state index contributed by atoms with van der Waals surface area (Å²) in [6.45, 7) is 10.4. The Morgan fingerprint density at radius 3 is 2.47 bits per heavy atom. The van der Waals surface area contributed by atoms with Crippen molar-refractivity contribution in [3.63, 3.8) is 0 Å². The van der Waals surface area contributed by atoms with E-state index in [2.05, 4.69) is 45.1 Å². The third kappa shape index (κ3) is 6.69. The van der Waals surface area contributed by atoms with Gasteiger partial charge >= 0.3 is 0 Å². The Morgan fingerprint density at radius 2 is 1.81 bits per heavy atom. The smallest absolute Gasteiger partial charge is 0.254 e. The molecule has 0 aromatic heterocycles. The minimum absolute atomic E-state index is 0.141. The summed E-state index contributed by atoms with van der Waals surface area (Å²) in [5.41, 5.74) is 5.21. The SMILES string of the molecule is CCN(CC)c1ccc(/C=N/NC(=O)CN2CCN(Cc3ccccc3Cl)CC2)c(O)c1. The van der Waals surface area contributed by atoms with E-state index in [9.17, 15) is 9.90 Å². The molecule has 0 unspecified atom stereocenters. The molecule has 32 heavy (non-hydrogen) atoms. The van der Waals surface area contributed by atoms with Gasteiger partial charge < -0.3 is 10.0 Å². The van der Waals surface area contributed by atoms with Gasteiger partial charge in [-0.2, -0.15) is 5.10 Å². The van der Waals surface area contributed by atoms with Crippen LogP contribution >= 0.6 is 11.6 Å². The number of carbonyl (C=O) groups is 1. The van der Waals surface area contributed by atoms with Crippen LogP contribution in [0.2, 0.25) is 5.02 Å². The van der Waals surface area contributed by atoms with Crippen LogP contribution in [0.3, 0.4) is 0 Å². The second-order valence-corrected chi connectivity index (χ2v) is 8.26. The van der Waals surface area contributed by atoms with Crippen molar-refractivity contribution in [3.05, 3.63) is 58.6 Å². The predicted octanol–water partition coefficient (Wildman–Crippen LogP) is 3.16. The van der Waals surface area contributed by atoms with E-state index in [-0.39, 0.29) is 11.7 Å². The standard InChI is InChI=1S/C24H32ClN5O2/c1-3-30(4-2)21-10-9-19(23(31)15-21)16-26-27-24(32)18-29-13-11-28(12-14-29)17-20-7-5-6-8-22(20)25/h5-10,15-16,31H,3-4,11-14,17-18H2,1-2H3,(H,27,32)/b26-16+. The molecular formula is C24H32ClN5O2. The van der Waals surface area contributed by atoms with Gasteiger partial charge in [-0.3, -0.25) is 14.6 Å². The van der Waals surface area contributed by atoms with Crippen molar-refractivity contribution in [1.29, 1.82) is 0 Å². The molecule has 1 aliphatic heterocycles. The van der Waals surface area contributed by atoms with Gasteiger partial charge in [-0.1, -0.05) is 29.8 Å². The van der Waals surface area contributed by atoms with E-state index in [1.54, 1.807) is 12.1 Å². The van der Waals surface area contributed by atoms with Crippen molar-refractivity contribution in [2.45, 2.75) is 20.4 Å². The number of hydrogen-bond acceptors (Lipinski definition) is 6. The Kier molecular flexibility index (Phi) is 8.90. The van der Waals surface area contributed by atoms with Gasteiger partial charge in [0.1, 0.15) is 5.75 Å². The van der Waals surface area contributed by atoms with E-state index in [0.717, 1.165) is 62.1 Å². The summed E-state index contributed by atoms with van der Waals surface area (Å²) in [6, 6.07) is 13.4. The number of amides is 1. The first-order valence-electron chi connectivity index (χ1n) is 11.1. The number of hydrogen-bond donors (Lipinski definition) is 2. The van der Waals surface area contributed by atoms with Crippen LogP contribution < -0.4 is 10.3 Å². The minimum atomic E-state index is -0.167. The van der Waals surface area contributed by atoms with Crippen LogP contribution in [0.4, 0.5) is 5.69 Å². The minimum Gasteiger partial charge on any atom is -0.507 e. The number of hydrazone groups is 1.